The molecule has 0 spiro atoms. The zero-order valence-corrected chi connectivity index (χ0v) is 9.58. The van der Waals surface area contributed by atoms with E-state index in [0.717, 1.165) is 0 Å². The SMILES string of the molecule is CCc1cc([N+](=O)[O-])c(OC(C)=O)cc1Cl. The lowest BCUT2D eigenvalue weighted by Crippen LogP contribution is -2.04. The van der Waals surface area contributed by atoms with Gasteiger partial charge in [-0.05, 0) is 12.0 Å². The van der Waals surface area contributed by atoms with Crippen molar-refractivity contribution < 1.29 is 14.5 Å². The second kappa shape index (κ2) is 4.94. The van der Waals surface area contributed by atoms with Gasteiger partial charge in [-0.25, -0.2) is 0 Å². The number of aryl methyl sites for hydroxylation is 1. The summed E-state index contributed by atoms with van der Waals surface area (Å²) < 4.78 is 4.72. The van der Waals surface area contributed by atoms with E-state index in [-0.39, 0.29) is 11.4 Å². The quantitative estimate of drug-likeness (QED) is 0.354. The number of nitrogens with zero attached hydrogens (tertiary/aromatic N) is 1. The third-order valence-electron chi connectivity index (χ3n) is 1.96. The zero-order chi connectivity index (χ0) is 12.3. The summed E-state index contributed by atoms with van der Waals surface area (Å²) in [6.07, 6.45) is 0.569. The Bertz CT molecular complexity index is 445. The molecule has 0 heterocycles. The van der Waals surface area contributed by atoms with E-state index in [1.54, 1.807) is 0 Å². The number of rotatable bonds is 3. The van der Waals surface area contributed by atoms with E-state index in [0.29, 0.717) is 17.0 Å². The van der Waals surface area contributed by atoms with E-state index in [1.165, 1.54) is 19.1 Å². The van der Waals surface area contributed by atoms with Gasteiger partial charge in [0.25, 0.3) is 0 Å². The predicted octanol–water partition coefficient (Wildman–Crippen LogP) is 2.74. The lowest BCUT2D eigenvalue weighted by molar-refractivity contribution is -0.385. The lowest BCUT2D eigenvalue weighted by atomic mass is 10.1. The van der Waals surface area contributed by atoms with Crippen LogP contribution < -0.4 is 4.74 Å². The molecule has 0 bridgehead atoms. The predicted molar refractivity (Wildman–Crippen MR) is 58.8 cm³/mol. The number of esters is 1. The lowest BCUT2D eigenvalue weighted by Gasteiger charge is -2.06. The third kappa shape index (κ3) is 2.70. The van der Waals surface area contributed by atoms with Gasteiger partial charge in [-0.3, -0.25) is 14.9 Å². The first-order valence-electron chi connectivity index (χ1n) is 4.61. The van der Waals surface area contributed by atoms with Crippen LogP contribution >= 0.6 is 11.6 Å². The van der Waals surface area contributed by atoms with Crippen LogP contribution in [0.4, 0.5) is 5.69 Å². The van der Waals surface area contributed by atoms with E-state index >= 15 is 0 Å². The number of hydrogen-bond acceptors (Lipinski definition) is 4. The number of hydrogen-bond donors (Lipinski definition) is 0. The van der Waals surface area contributed by atoms with Crippen LogP contribution in [0.2, 0.25) is 5.02 Å². The Morgan fingerprint density at radius 3 is 2.62 bits per heavy atom. The Labute approximate surface area is 97.1 Å². The van der Waals surface area contributed by atoms with Crippen LogP contribution in [-0.2, 0) is 11.2 Å². The second-order valence-corrected chi connectivity index (χ2v) is 3.52. The van der Waals surface area contributed by atoms with Gasteiger partial charge in [0.15, 0.2) is 0 Å². The Morgan fingerprint density at radius 1 is 1.56 bits per heavy atom. The molecule has 0 unspecified atom stereocenters. The molecule has 1 rings (SSSR count). The average Bonchev–Trinajstić information content (AvgIpc) is 2.16. The van der Waals surface area contributed by atoms with Gasteiger partial charge in [0.05, 0.1) is 4.92 Å². The molecule has 0 N–H and O–H groups in total. The number of carbonyl (C=O) groups excluding carboxylic acids is 1. The average molecular weight is 244 g/mol. The molecule has 5 nitrogen and oxygen atoms in total. The highest BCUT2D eigenvalue weighted by atomic mass is 35.5. The van der Waals surface area contributed by atoms with Crippen molar-refractivity contribution in [3.05, 3.63) is 32.8 Å². The number of carbonyl (C=O) groups is 1. The van der Waals surface area contributed by atoms with Crippen molar-refractivity contribution >= 4 is 23.3 Å². The van der Waals surface area contributed by atoms with Crippen molar-refractivity contribution in [2.75, 3.05) is 0 Å². The zero-order valence-electron chi connectivity index (χ0n) is 8.82. The van der Waals surface area contributed by atoms with Crippen molar-refractivity contribution in [3.8, 4) is 5.75 Å². The Kier molecular flexibility index (Phi) is 3.84. The van der Waals surface area contributed by atoms with Gasteiger partial charge in [0.2, 0.25) is 5.75 Å². The first kappa shape index (κ1) is 12.4. The van der Waals surface area contributed by atoms with Crippen molar-refractivity contribution in [2.24, 2.45) is 0 Å². The number of nitro groups is 1. The molecule has 1 aromatic carbocycles. The molecule has 0 amide bonds. The number of nitro benzene ring substituents is 1. The molecule has 0 fully saturated rings. The monoisotopic (exact) mass is 243 g/mol. The first-order chi connectivity index (χ1) is 7.45. The van der Waals surface area contributed by atoms with Gasteiger partial charge >= 0.3 is 11.7 Å². The fourth-order valence-corrected chi connectivity index (χ4v) is 1.52. The van der Waals surface area contributed by atoms with E-state index < -0.39 is 10.9 Å². The molecule has 0 radical (unpaired) electrons. The molecule has 1 aromatic rings. The number of ether oxygens (including phenoxy) is 1. The molecule has 6 heteroatoms. The Morgan fingerprint density at radius 2 is 2.19 bits per heavy atom. The molecule has 86 valence electrons. The minimum Gasteiger partial charge on any atom is -0.419 e. The number of halogens is 1. The highest BCUT2D eigenvalue weighted by molar-refractivity contribution is 6.31. The summed E-state index contributed by atoms with van der Waals surface area (Å²) in [5, 5.41) is 11.1. The summed E-state index contributed by atoms with van der Waals surface area (Å²) in [6, 6.07) is 2.61. The summed E-state index contributed by atoms with van der Waals surface area (Å²) in [7, 11) is 0. The van der Waals surface area contributed by atoms with Crippen molar-refractivity contribution in [2.45, 2.75) is 20.3 Å². The third-order valence-corrected chi connectivity index (χ3v) is 2.31. The maximum atomic E-state index is 10.8. The van der Waals surface area contributed by atoms with Crippen LogP contribution in [0.5, 0.6) is 5.75 Å². The standard InChI is InChI=1S/C10H10ClNO4/c1-3-7-4-9(12(14)15)10(5-8(7)11)16-6(2)13/h4-5H,3H2,1-2H3. The smallest absolute Gasteiger partial charge is 0.312 e. The summed E-state index contributed by atoms with van der Waals surface area (Å²) in [4.78, 5) is 20.9. The first-order valence-corrected chi connectivity index (χ1v) is 4.98. The normalized spacial score (nSPS) is 9.94. The molecule has 0 aliphatic heterocycles. The summed E-state index contributed by atoms with van der Waals surface area (Å²) in [5.74, 6) is -0.747. The molecule has 16 heavy (non-hydrogen) atoms. The van der Waals surface area contributed by atoms with Gasteiger partial charge in [-0.2, -0.15) is 0 Å². The van der Waals surface area contributed by atoms with E-state index in [4.69, 9.17) is 16.3 Å². The van der Waals surface area contributed by atoms with Crippen molar-refractivity contribution in [3.63, 3.8) is 0 Å². The van der Waals surface area contributed by atoms with Crippen LogP contribution in [0.25, 0.3) is 0 Å². The highest BCUT2D eigenvalue weighted by Crippen LogP contribution is 2.33. The van der Waals surface area contributed by atoms with E-state index in [2.05, 4.69) is 0 Å². The molecular formula is C10H10ClNO4. The van der Waals surface area contributed by atoms with Crippen LogP contribution in [-0.4, -0.2) is 10.9 Å². The minimum absolute atomic E-state index is 0.125. The molecule has 0 saturated carbocycles. The summed E-state index contributed by atoms with van der Waals surface area (Å²) in [6.45, 7) is 3.00. The molecular weight excluding hydrogens is 234 g/mol. The van der Waals surface area contributed by atoms with Gasteiger partial charge in [0, 0.05) is 24.1 Å². The van der Waals surface area contributed by atoms with Crippen LogP contribution in [0.3, 0.4) is 0 Å². The maximum absolute atomic E-state index is 10.8. The van der Waals surface area contributed by atoms with Crippen LogP contribution in [0.1, 0.15) is 19.4 Å². The Hall–Kier alpha value is -1.62. The molecule has 0 atom stereocenters. The van der Waals surface area contributed by atoms with Gasteiger partial charge in [0.1, 0.15) is 0 Å². The highest BCUT2D eigenvalue weighted by Gasteiger charge is 2.19. The van der Waals surface area contributed by atoms with Gasteiger partial charge in [-0.15, -0.1) is 0 Å². The number of benzene rings is 1. The van der Waals surface area contributed by atoms with Gasteiger partial charge < -0.3 is 4.74 Å². The van der Waals surface area contributed by atoms with Crippen LogP contribution in [0, 0.1) is 10.1 Å². The van der Waals surface area contributed by atoms with Crippen LogP contribution in [0.15, 0.2) is 12.1 Å². The minimum atomic E-state index is -0.622. The maximum Gasteiger partial charge on any atom is 0.312 e. The molecule has 0 aliphatic carbocycles. The van der Waals surface area contributed by atoms with E-state index in [9.17, 15) is 14.9 Å². The summed E-state index contributed by atoms with van der Waals surface area (Å²) >= 11 is 5.88. The fourth-order valence-electron chi connectivity index (χ4n) is 1.24. The summed E-state index contributed by atoms with van der Waals surface area (Å²) in [5.41, 5.74) is 0.390. The second-order valence-electron chi connectivity index (χ2n) is 3.12. The van der Waals surface area contributed by atoms with Crippen molar-refractivity contribution in [1.29, 1.82) is 0 Å². The molecule has 0 aromatic heterocycles. The molecule has 0 saturated heterocycles. The van der Waals surface area contributed by atoms with E-state index in [1.807, 2.05) is 6.92 Å². The fraction of sp³-hybridized carbons (Fsp3) is 0.300. The largest absolute Gasteiger partial charge is 0.419 e. The molecule has 0 aliphatic rings. The topological polar surface area (TPSA) is 69.4 Å². The van der Waals surface area contributed by atoms with Crippen molar-refractivity contribution in [1.82, 2.24) is 0 Å². The Balaban J connectivity index is 3.30. The van der Waals surface area contributed by atoms with Gasteiger partial charge in [-0.1, -0.05) is 18.5 Å².